The number of non-ortho nitro benzene ring substituents is 1. The Balaban J connectivity index is 1.78. The molecule has 0 unspecified atom stereocenters. The number of hydrogen-bond donors (Lipinski definition) is 1. The van der Waals surface area contributed by atoms with E-state index >= 15 is 0 Å². The zero-order valence-electron chi connectivity index (χ0n) is 16.5. The number of rotatable bonds is 6. The van der Waals surface area contributed by atoms with Crippen LogP contribution in [0, 0.1) is 17.0 Å². The van der Waals surface area contributed by atoms with Gasteiger partial charge in [0.1, 0.15) is 0 Å². The van der Waals surface area contributed by atoms with Crippen molar-refractivity contribution in [3.63, 3.8) is 0 Å². The maximum Gasteiger partial charge on any atom is 0.269 e. The Bertz CT molecular complexity index is 995. The van der Waals surface area contributed by atoms with Crippen molar-refractivity contribution in [2.45, 2.75) is 20.8 Å². The van der Waals surface area contributed by atoms with E-state index in [4.69, 9.17) is 0 Å². The third-order valence-electron chi connectivity index (χ3n) is 4.58. The van der Waals surface area contributed by atoms with Gasteiger partial charge in [0.05, 0.1) is 15.5 Å². The number of amidine groups is 1. The number of nitrogens with zero attached hydrogens (tertiary/aromatic N) is 3. The van der Waals surface area contributed by atoms with E-state index < -0.39 is 4.92 Å². The van der Waals surface area contributed by atoms with Gasteiger partial charge in [0.15, 0.2) is 5.17 Å². The predicted octanol–water partition coefficient (Wildman–Crippen LogP) is 4.64. The van der Waals surface area contributed by atoms with Gasteiger partial charge in [0.25, 0.3) is 11.6 Å². The molecule has 1 N–H and O–H groups in total. The number of nitro groups is 1. The molecule has 0 saturated carbocycles. The molecule has 3 rings (SSSR count). The molecule has 1 aliphatic rings. The molecule has 2 aromatic rings. The van der Waals surface area contributed by atoms with Crippen molar-refractivity contribution in [2.75, 3.05) is 18.0 Å². The maximum absolute atomic E-state index is 12.3. The van der Waals surface area contributed by atoms with Gasteiger partial charge in [-0.05, 0) is 67.9 Å². The van der Waals surface area contributed by atoms with Crippen LogP contribution in [0.15, 0.2) is 52.4 Å². The largest absolute Gasteiger partial charge is 0.372 e. The topological polar surface area (TPSA) is 87.8 Å². The number of anilines is 1. The molecule has 7 nitrogen and oxygen atoms in total. The standard InChI is InChI=1S/C21H22N4O3S/c1-4-24(5-2)16-8-6-15(7-9-16)13-19-20(26)23-21(29-19)22-18-11-10-17(25(27)28)12-14(18)3/h6-13H,4-5H2,1-3H3,(H,22,23,26)/b19-13-. The number of benzene rings is 2. The molecule has 0 spiro atoms. The number of thioether (sulfide) groups is 1. The molecule has 0 aromatic heterocycles. The summed E-state index contributed by atoms with van der Waals surface area (Å²) in [5.74, 6) is -0.207. The van der Waals surface area contributed by atoms with Gasteiger partial charge >= 0.3 is 0 Å². The third-order valence-corrected chi connectivity index (χ3v) is 5.49. The third kappa shape index (κ3) is 4.83. The summed E-state index contributed by atoms with van der Waals surface area (Å²) in [6.45, 7) is 7.87. The lowest BCUT2D eigenvalue weighted by atomic mass is 10.1. The number of carbonyl (C=O) groups excluding carboxylic acids is 1. The monoisotopic (exact) mass is 410 g/mol. The van der Waals surface area contributed by atoms with Gasteiger partial charge < -0.3 is 10.2 Å². The van der Waals surface area contributed by atoms with Crippen molar-refractivity contribution < 1.29 is 9.72 Å². The number of hydrogen-bond acceptors (Lipinski definition) is 6. The molecule has 1 aliphatic heterocycles. The van der Waals surface area contributed by atoms with Gasteiger partial charge in [-0.25, -0.2) is 4.99 Å². The zero-order valence-corrected chi connectivity index (χ0v) is 17.3. The molecule has 8 heteroatoms. The summed E-state index contributed by atoms with van der Waals surface area (Å²) in [7, 11) is 0. The predicted molar refractivity (Wildman–Crippen MR) is 119 cm³/mol. The molecule has 0 atom stereocenters. The Labute approximate surface area is 173 Å². The van der Waals surface area contributed by atoms with Crippen LogP contribution in [0.5, 0.6) is 0 Å². The quantitative estimate of drug-likeness (QED) is 0.426. The molecule has 150 valence electrons. The molecule has 1 heterocycles. The summed E-state index contributed by atoms with van der Waals surface area (Å²) >= 11 is 1.25. The highest BCUT2D eigenvalue weighted by Gasteiger charge is 2.24. The molecule has 1 amide bonds. The van der Waals surface area contributed by atoms with Crippen molar-refractivity contribution in [1.29, 1.82) is 0 Å². The van der Waals surface area contributed by atoms with Crippen molar-refractivity contribution in [3.05, 3.63) is 68.6 Å². The van der Waals surface area contributed by atoms with Crippen molar-refractivity contribution in [3.8, 4) is 0 Å². The van der Waals surface area contributed by atoms with Crippen LogP contribution in [0.3, 0.4) is 0 Å². The van der Waals surface area contributed by atoms with Crippen LogP contribution in [0.25, 0.3) is 6.08 Å². The van der Waals surface area contributed by atoms with E-state index in [1.807, 2.05) is 30.3 Å². The Morgan fingerprint density at radius 2 is 1.86 bits per heavy atom. The van der Waals surface area contributed by atoms with Gasteiger partial charge in [-0.2, -0.15) is 0 Å². The lowest BCUT2D eigenvalue weighted by molar-refractivity contribution is -0.384. The summed E-state index contributed by atoms with van der Waals surface area (Å²) in [5.41, 5.74) is 3.36. The van der Waals surface area contributed by atoms with Gasteiger partial charge in [-0.3, -0.25) is 14.9 Å². The number of nitro benzene ring substituents is 1. The fraction of sp³-hybridized carbons (Fsp3) is 0.238. The average Bonchev–Trinajstić information content (AvgIpc) is 3.04. The van der Waals surface area contributed by atoms with Crippen LogP contribution in [-0.4, -0.2) is 29.1 Å². The molecule has 29 heavy (non-hydrogen) atoms. The van der Waals surface area contributed by atoms with E-state index in [0.717, 1.165) is 24.3 Å². The van der Waals surface area contributed by atoms with Crippen molar-refractivity contribution in [2.24, 2.45) is 4.99 Å². The average molecular weight is 410 g/mol. The fourth-order valence-corrected chi connectivity index (χ4v) is 3.82. The Kier molecular flexibility index (Phi) is 6.33. The van der Waals surface area contributed by atoms with Crippen LogP contribution < -0.4 is 10.2 Å². The molecule has 0 radical (unpaired) electrons. The second-order valence-corrected chi connectivity index (χ2v) is 7.50. The lowest BCUT2D eigenvalue weighted by Gasteiger charge is -2.20. The number of carbonyl (C=O) groups is 1. The van der Waals surface area contributed by atoms with Crippen LogP contribution in [0.1, 0.15) is 25.0 Å². The first-order valence-corrected chi connectivity index (χ1v) is 10.1. The van der Waals surface area contributed by atoms with Crippen LogP contribution in [0.2, 0.25) is 0 Å². The van der Waals surface area contributed by atoms with Crippen LogP contribution >= 0.6 is 11.8 Å². The summed E-state index contributed by atoms with van der Waals surface area (Å²) in [4.78, 5) is 30.0. The van der Waals surface area contributed by atoms with Gasteiger partial charge in [0.2, 0.25) is 0 Å². The fourth-order valence-electron chi connectivity index (χ4n) is 2.99. The van der Waals surface area contributed by atoms with Crippen LogP contribution in [-0.2, 0) is 4.79 Å². The molecular weight excluding hydrogens is 388 g/mol. The minimum Gasteiger partial charge on any atom is -0.372 e. The summed E-state index contributed by atoms with van der Waals surface area (Å²) in [6.07, 6.45) is 1.83. The highest BCUT2D eigenvalue weighted by molar-refractivity contribution is 8.18. The molecule has 0 bridgehead atoms. The van der Waals surface area contributed by atoms with E-state index in [1.165, 1.54) is 23.9 Å². The second-order valence-electron chi connectivity index (χ2n) is 6.47. The van der Waals surface area contributed by atoms with E-state index in [1.54, 1.807) is 13.0 Å². The Morgan fingerprint density at radius 1 is 1.17 bits per heavy atom. The molecule has 0 aliphatic carbocycles. The number of nitrogens with one attached hydrogen (secondary N) is 1. The smallest absolute Gasteiger partial charge is 0.269 e. The first-order valence-electron chi connectivity index (χ1n) is 9.31. The van der Waals surface area contributed by atoms with Gasteiger partial charge in [-0.15, -0.1) is 0 Å². The van der Waals surface area contributed by atoms with Gasteiger partial charge in [-0.1, -0.05) is 12.1 Å². The van der Waals surface area contributed by atoms with E-state index in [0.29, 0.717) is 21.3 Å². The molecule has 1 fully saturated rings. The minimum absolute atomic E-state index is 0.0169. The number of aryl methyl sites for hydroxylation is 1. The first-order chi connectivity index (χ1) is 13.9. The first kappa shape index (κ1) is 20.6. The number of aliphatic imine (C=N–C) groups is 1. The van der Waals surface area contributed by atoms with E-state index in [-0.39, 0.29) is 11.6 Å². The van der Waals surface area contributed by atoms with E-state index in [2.05, 4.69) is 29.1 Å². The number of amides is 1. The zero-order chi connectivity index (χ0) is 21.0. The van der Waals surface area contributed by atoms with Crippen molar-refractivity contribution >= 4 is 46.0 Å². The van der Waals surface area contributed by atoms with Crippen molar-refractivity contribution in [1.82, 2.24) is 5.32 Å². The SMILES string of the molecule is CCN(CC)c1ccc(/C=C2\SC(=Nc3ccc([N+](=O)[O-])cc3C)NC2=O)cc1. The summed E-state index contributed by atoms with van der Waals surface area (Å²) in [5, 5.41) is 14.1. The highest BCUT2D eigenvalue weighted by Crippen LogP contribution is 2.30. The second kappa shape index (κ2) is 8.91. The maximum atomic E-state index is 12.3. The Hall–Kier alpha value is -3.13. The lowest BCUT2D eigenvalue weighted by Crippen LogP contribution is -2.21. The normalized spacial score (nSPS) is 16.3. The molecule has 2 aromatic carbocycles. The minimum atomic E-state index is -0.442. The summed E-state index contributed by atoms with van der Waals surface area (Å²) in [6, 6.07) is 12.5. The van der Waals surface area contributed by atoms with E-state index in [9.17, 15) is 14.9 Å². The van der Waals surface area contributed by atoms with Gasteiger partial charge in [0, 0.05) is 30.9 Å². The molecule has 1 saturated heterocycles. The Morgan fingerprint density at radius 3 is 2.45 bits per heavy atom. The summed E-state index contributed by atoms with van der Waals surface area (Å²) < 4.78 is 0. The van der Waals surface area contributed by atoms with Crippen LogP contribution in [0.4, 0.5) is 17.1 Å². The molecular formula is C21H22N4O3S. The highest BCUT2D eigenvalue weighted by atomic mass is 32.2.